The molecule has 0 aromatic heterocycles. The minimum atomic E-state index is -0.932. The number of non-ortho nitro benzene ring substituents is 1. The number of amides is 4. The maximum absolute atomic E-state index is 13.0. The Labute approximate surface area is 184 Å². The van der Waals surface area contributed by atoms with Crippen LogP contribution in [-0.2, 0) is 0 Å². The summed E-state index contributed by atoms with van der Waals surface area (Å²) in [6.07, 6.45) is 0. The molecular weight excluding hydrogens is 430 g/mol. The number of fused-ring (bicyclic) bond motifs is 2. The highest BCUT2D eigenvalue weighted by atomic mass is 16.6. The van der Waals surface area contributed by atoms with Crippen molar-refractivity contribution in [3.8, 4) is 0 Å². The maximum atomic E-state index is 13.0. The summed E-state index contributed by atoms with van der Waals surface area (Å²) in [5.74, 6) is -4.02. The van der Waals surface area contributed by atoms with Gasteiger partial charge in [0.05, 0.1) is 27.2 Å². The summed E-state index contributed by atoms with van der Waals surface area (Å²) >= 11 is 0. The molecule has 33 heavy (non-hydrogen) atoms. The molecule has 0 N–H and O–H groups in total. The predicted molar refractivity (Wildman–Crippen MR) is 110 cm³/mol. The van der Waals surface area contributed by atoms with Gasteiger partial charge in [-0.1, -0.05) is 30.3 Å². The van der Waals surface area contributed by atoms with Crippen LogP contribution in [0.1, 0.15) is 57.4 Å². The van der Waals surface area contributed by atoms with Gasteiger partial charge < -0.3 is 0 Å². The lowest BCUT2D eigenvalue weighted by atomic mass is 9.99. The van der Waals surface area contributed by atoms with E-state index in [2.05, 4.69) is 0 Å². The molecule has 0 saturated carbocycles. The van der Waals surface area contributed by atoms with E-state index in [-0.39, 0.29) is 39.1 Å². The van der Waals surface area contributed by atoms with Crippen molar-refractivity contribution in [3.05, 3.63) is 110 Å². The van der Waals surface area contributed by atoms with E-state index < -0.39 is 34.3 Å². The fourth-order valence-corrected chi connectivity index (χ4v) is 3.84. The molecule has 0 radical (unpaired) electrons. The first-order valence-corrected chi connectivity index (χ1v) is 9.59. The highest BCUT2D eigenvalue weighted by Gasteiger charge is 2.48. The van der Waals surface area contributed by atoms with E-state index in [4.69, 9.17) is 0 Å². The van der Waals surface area contributed by atoms with Crippen molar-refractivity contribution in [1.29, 1.82) is 0 Å². The number of nitro groups is 1. The first-order valence-electron chi connectivity index (χ1n) is 9.59. The molecule has 0 fully saturated rings. The molecule has 3 aromatic rings. The Morgan fingerprint density at radius 3 is 1.73 bits per heavy atom. The number of ketones is 1. The van der Waals surface area contributed by atoms with Gasteiger partial charge in [-0.15, -0.1) is 0 Å². The van der Waals surface area contributed by atoms with Crippen LogP contribution < -0.4 is 0 Å². The Morgan fingerprint density at radius 2 is 1.15 bits per heavy atom. The number of nitro benzene ring substituents is 1. The maximum Gasteiger partial charge on any atom is 0.281 e. The fraction of sp³-hybridized carbons (Fsp3) is 0. The molecule has 10 nitrogen and oxygen atoms in total. The third kappa shape index (κ3) is 2.85. The number of imide groups is 2. The SMILES string of the molecule is O=C(c1cccc([N+](=O)[O-])c1)c1ccc2c(c1)C(=O)N(N1C(=O)c3ccccc3C1=O)C2=O. The molecule has 10 heteroatoms. The zero-order valence-corrected chi connectivity index (χ0v) is 16.6. The highest BCUT2D eigenvalue weighted by Crippen LogP contribution is 2.31. The first-order chi connectivity index (χ1) is 15.8. The zero-order valence-electron chi connectivity index (χ0n) is 16.6. The molecule has 5 rings (SSSR count). The minimum absolute atomic E-state index is 0.0135. The lowest BCUT2D eigenvalue weighted by Crippen LogP contribution is -2.49. The minimum Gasteiger partial charge on any atom is -0.289 e. The van der Waals surface area contributed by atoms with E-state index in [1.165, 1.54) is 48.5 Å². The van der Waals surface area contributed by atoms with Gasteiger partial charge in [-0.2, -0.15) is 10.0 Å². The third-order valence-electron chi connectivity index (χ3n) is 5.42. The molecule has 2 heterocycles. The normalized spacial score (nSPS) is 14.5. The van der Waals surface area contributed by atoms with Gasteiger partial charge in [0.15, 0.2) is 5.78 Å². The van der Waals surface area contributed by atoms with Crippen molar-refractivity contribution in [2.24, 2.45) is 0 Å². The molecule has 4 amide bonds. The first kappa shape index (κ1) is 19.9. The summed E-state index contributed by atoms with van der Waals surface area (Å²) in [5.41, 5.74) is -0.330. The van der Waals surface area contributed by atoms with Crippen LogP contribution in [0.2, 0.25) is 0 Å². The Bertz CT molecular complexity index is 1420. The van der Waals surface area contributed by atoms with Crippen molar-refractivity contribution in [1.82, 2.24) is 10.0 Å². The number of rotatable bonds is 4. The van der Waals surface area contributed by atoms with Crippen molar-refractivity contribution in [2.75, 3.05) is 0 Å². The summed E-state index contributed by atoms with van der Waals surface area (Å²) < 4.78 is 0. The van der Waals surface area contributed by atoms with E-state index >= 15 is 0 Å². The summed E-state index contributed by atoms with van der Waals surface area (Å²) in [7, 11) is 0. The Morgan fingerprint density at radius 1 is 0.636 bits per heavy atom. The van der Waals surface area contributed by atoms with Crippen LogP contribution in [0, 0.1) is 10.1 Å². The van der Waals surface area contributed by atoms with Gasteiger partial charge in [-0.05, 0) is 24.3 Å². The second-order valence-electron chi connectivity index (χ2n) is 7.29. The number of carbonyl (C=O) groups excluding carboxylic acids is 5. The number of hydrazine groups is 1. The van der Waals surface area contributed by atoms with Gasteiger partial charge in [0.25, 0.3) is 29.3 Å². The average Bonchev–Trinajstić information content (AvgIpc) is 3.22. The van der Waals surface area contributed by atoms with Crippen LogP contribution in [-0.4, -0.2) is 44.4 Å². The standard InChI is InChI=1S/C23H11N3O7/c27-19(12-4-3-5-14(10-12)26(32)33)13-8-9-17-18(11-13)23(31)25(22(17)30)24-20(28)15-6-1-2-7-16(15)21(24)29/h1-11H. The molecule has 0 bridgehead atoms. The van der Waals surface area contributed by atoms with Crippen LogP contribution in [0.15, 0.2) is 66.7 Å². The summed E-state index contributed by atoms with van der Waals surface area (Å²) in [4.78, 5) is 74.6. The second-order valence-corrected chi connectivity index (χ2v) is 7.29. The smallest absolute Gasteiger partial charge is 0.281 e. The fourth-order valence-electron chi connectivity index (χ4n) is 3.84. The van der Waals surface area contributed by atoms with Crippen LogP contribution in [0.4, 0.5) is 5.69 Å². The van der Waals surface area contributed by atoms with Crippen LogP contribution in [0.3, 0.4) is 0 Å². The van der Waals surface area contributed by atoms with Crippen LogP contribution in [0.25, 0.3) is 0 Å². The Kier molecular flexibility index (Phi) is 4.24. The van der Waals surface area contributed by atoms with Crippen LogP contribution >= 0.6 is 0 Å². The predicted octanol–water partition coefficient (Wildman–Crippen LogP) is 2.63. The Hall–Kier alpha value is -4.99. The van der Waals surface area contributed by atoms with Crippen molar-refractivity contribution in [2.45, 2.75) is 0 Å². The van der Waals surface area contributed by atoms with Crippen molar-refractivity contribution in [3.63, 3.8) is 0 Å². The van der Waals surface area contributed by atoms with E-state index in [1.54, 1.807) is 12.1 Å². The molecular formula is C23H11N3O7. The van der Waals surface area contributed by atoms with Gasteiger partial charge in [-0.3, -0.25) is 34.1 Å². The summed E-state index contributed by atoms with van der Waals surface area (Å²) in [6.45, 7) is 0. The monoisotopic (exact) mass is 441 g/mol. The number of benzene rings is 3. The third-order valence-corrected chi connectivity index (χ3v) is 5.42. The van der Waals surface area contributed by atoms with Crippen LogP contribution in [0.5, 0.6) is 0 Å². The second kappa shape index (κ2) is 7.02. The molecule has 0 atom stereocenters. The van der Waals surface area contributed by atoms with Gasteiger partial charge in [0, 0.05) is 23.3 Å². The molecule has 0 saturated heterocycles. The molecule has 0 unspecified atom stereocenters. The van der Waals surface area contributed by atoms with Crippen molar-refractivity contribution >= 4 is 35.1 Å². The topological polar surface area (TPSA) is 135 Å². The quantitative estimate of drug-likeness (QED) is 0.263. The molecule has 3 aromatic carbocycles. The summed E-state index contributed by atoms with van der Waals surface area (Å²) in [6, 6.07) is 14.8. The van der Waals surface area contributed by atoms with Crippen molar-refractivity contribution < 1.29 is 28.9 Å². The van der Waals surface area contributed by atoms with Gasteiger partial charge >= 0.3 is 0 Å². The molecule has 2 aliphatic rings. The summed E-state index contributed by atoms with van der Waals surface area (Å²) in [5, 5.41) is 12.0. The molecule has 160 valence electrons. The molecule has 0 spiro atoms. The lowest BCUT2D eigenvalue weighted by Gasteiger charge is -2.23. The number of hydrogen-bond donors (Lipinski definition) is 0. The zero-order chi connectivity index (χ0) is 23.4. The largest absolute Gasteiger partial charge is 0.289 e. The van der Waals surface area contributed by atoms with Gasteiger partial charge in [0.1, 0.15) is 0 Å². The number of hydrogen-bond acceptors (Lipinski definition) is 7. The van der Waals surface area contributed by atoms with E-state index in [0.717, 1.165) is 6.07 Å². The lowest BCUT2D eigenvalue weighted by molar-refractivity contribution is -0.384. The van der Waals surface area contributed by atoms with E-state index in [1.807, 2.05) is 0 Å². The van der Waals surface area contributed by atoms with E-state index in [9.17, 15) is 34.1 Å². The number of nitrogens with zero attached hydrogens (tertiary/aromatic N) is 3. The highest BCUT2D eigenvalue weighted by molar-refractivity contribution is 6.28. The Balaban J connectivity index is 1.50. The average molecular weight is 441 g/mol. The van der Waals surface area contributed by atoms with Gasteiger partial charge in [0.2, 0.25) is 0 Å². The molecule has 0 aliphatic carbocycles. The van der Waals surface area contributed by atoms with Gasteiger partial charge in [-0.25, -0.2) is 0 Å². The number of carbonyl (C=O) groups is 5. The van der Waals surface area contributed by atoms with E-state index in [0.29, 0.717) is 10.0 Å². The molecule has 2 aliphatic heterocycles.